The highest BCUT2D eigenvalue weighted by atomic mass is 16.5. The van der Waals surface area contributed by atoms with E-state index in [-0.39, 0.29) is 12.1 Å². The summed E-state index contributed by atoms with van der Waals surface area (Å²) in [6.07, 6.45) is 8.10. The molecule has 9 rings (SSSR count). The molecule has 4 heteroatoms. The van der Waals surface area contributed by atoms with E-state index in [2.05, 4.69) is 139 Å². The molecule has 0 spiro atoms. The monoisotopic (exact) mass is 637 g/mol. The Bertz CT molecular complexity index is 2320. The molecule has 1 aliphatic carbocycles. The molecule has 49 heavy (non-hydrogen) atoms. The zero-order chi connectivity index (χ0) is 32.7. The van der Waals surface area contributed by atoms with Crippen molar-refractivity contribution in [2.24, 2.45) is 10.9 Å². The number of benzene rings is 5. The molecule has 240 valence electrons. The van der Waals surface area contributed by atoms with Crippen molar-refractivity contribution in [3.63, 3.8) is 0 Å². The van der Waals surface area contributed by atoms with Crippen LogP contribution >= 0.6 is 0 Å². The number of hydrogen-bond acceptors (Lipinski definition) is 3. The first-order valence-corrected chi connectivity index (χ1v) is 17.7. The maximum Gasteiger partial charge on any atom is 0.217 e. The van der Waals surface area contributed by atoms with Gasteiger partial charge < -0.3 is 9.30 Å². The average molecular weight is 638 g/mol. The van der Waals surface area contributed by atoms with E-state index in [0.717, 1.165) is 45.0 Å². The minimum atomic E-state index is -0.0826. The quantitative estimate of drug-likeness (QED) is 0.182. The number of aliphatic imine (C=N–C) groups is 1. The standard InChI is InChI=1S/C45H39N3O/c1-30-23-24-46-40(25-30)34-21-22-39-38-19-11-12-20-41(38)48(42(39)29-34)37-27-35(31-13-5-2-6-14-31)26-36(28-37)45-47-43(32-15-7-3-8-16-32)44(49-45)33-17-9-4-10-18-33/h2,4-6,9-14,17-29,32,43-44H,3,7-8,15-16H2,1H3/t43-,44-/m1/s1. The summed E-state index contributed by atoms with van der Waals surface area (Å²) in [4.78, 5) is 10.2. The van der Waals surface area contributed by atoms with Crippen LogP contribution in [0.15, 0.2) is 145 Å². The van der Waals surface area contributed by atoms with Crippen LogP contribution in [-0.4, -0.2) is 21.5 Å². The van der Waals surface area contributed by atoms with Gasteiger partial charge in [-0.2, -0.15) is 0 Å². The largest absolute Gasteiger partial charge is 0.467 e. The fourth-order valence-corrected chi connectivity index (χ4v) is 8.07. The summed E-state index contributed by atoms with van der Waals surface area (Å²) < 4.78 is 9.36. The van der Waals surface area contributed by atoms with Gasteiger partial charge in [-0.05, 0) is 90.4 Å². The van der Waals surface area contributed by atoms with Crippen LogP contribution in [0.4, 0.5) is 0 Å². The van der Waals surface area contributed by atoms with Crippen molar-refractivity contribution in [2.75, 3.05) is 0 Å². The van der Waals surface area contributed by atoms with Crippen molar-refractivity contribution >= 4 is 27.7 Å². The highest BCUT2D eigenvalue weighted by Gasteiger charge is 2.38. The van der Waals surface area contributed by atoms with E-state index >= 15 is 0 Å². The van der Waals surface area contributed by atoms with Crippen LogP contribution in [0, 0.1) is 12.8 Å². The van der Waals surface area contributed by atoms with Gasteiger partial charge in [-0.25, -0.2) is 4.99 Å². The molecule has 1 saturated carbocycles. The molecule has 1 aliphatic heterocycles. The van der Waals surface area contributed by atoms with E-state index in [0.29, 0.717) is 5.92 Å². The summed E-state index contributed by atoms with van der Waals surface area (Å²) in [6.45, 7) is 2.12. The molecule has 3 heterocycles. The van der Waals surface area contributed by atoms with Crippen LogP contribution in [0.3, 0.4) is 0 Å². The Kier molecular flexibility index (Phi) is 7.57. The molecule has 0 bridgehead atoms. The maximum absolute atomic E-state index is 6.96. The molecular weight excluding hydrogens is 599 g/mol. The lowest BCUT2D eigenvalue weighted by atomic mass is 9.81. The van der Waals surface area contributed by atoms with Crippen LogP contribution < -0.4 is 0 Å². The zero-order valence-corrected chi connectivity index (χ0v) is 27.8. The first-order chi connectivity index (χ1) is 24.2. The first-order valence-electron chi connectivity index (χ1n) is 17.7. The SMILES string of the molecule is Cc1ccnc(-c2ccc3c4ccccc4n(-c4cc(C5=N[C@H](C6CCCCC6)[C@@H](c6ccccc6)O5)cc(-c5ccccc5)c4)c3c2)c1. The Morgan fingerprint density at radius 3 is 2.16 bits per heavy atom. The van der Waals surface area contributed by atoms with Crippen molar-refractivity contribution in [3.8, 4) is 28.1 Å². The highest BCUT2D eigenvalue weighted by Crippen LogP contribution is 2.42. The third-order valence-corrected chi connectivity index (χ3v) is 10.5. The van der Waals surface area contributed by atoms with E-state index in [1.165, 1.54) is 59.5 Å². The van der Waals surface area contributed by atoms with Gasteiger partial charge in [-0.1, -0.05) is 110 Å². The third kappa shape index (κ3) is 5.51. The van der Waals surface area contributed by atoms with Crippen LogP contribution in [0.1, 0.15) is 54.9 Å². The van der Waals surface area contributed by atoms with Gasteiger partial charge in [0, 0.05) is 33.8 Å². The summed E-state index contributed by atoms with van der Waals surface area (Å²) in [5, 5.41) is 2.44. The highest BCUT2D eigenvalue weighted by molar-refractivity contribution is 6.10. The minimum Gasteiger partial charge on any atom is -0.467 e. The van der Waals surface area contributed by atoms with Crippen LogP contribution in [0.25, 0.3) is 49.9 Å². The molecule has 2 aliphatic rings. The van der Waals surface area contributed by atoms with Gasteiger partial charge in [0.1, 0.15) is 6.10 Å². The fraction of sp³-hybridized carbons (Fsp3) is 0.200. The van der Waals surface area contributed by atoms with Crippen molar-refractivity contribution in [2.45, 2.75) is 51.2 Å². The summed E-state index contributed by atoms with van der Waals surface area (Å²) in [5.41, 5.74) is 11.2. The number of hydrogen-bond donors (Lipinski definition) is 0. The molecule has 7 aromatic rings. The number of fused-ring (bicyclic) bond motifs is 3. The molecule has 4 nitrogen and oxygen atoms in total. The number of aryl methyl sites for hydroxylation is 1. The predicted molar refractivity (Wildman–Crippen MR) is 201 cm³/mol. The van der Waals surface area contributed by atoms with Crippen molar-refractivity contribution in [1.82, 2.24) is 9.55 Å². The van der Waals surface area contributed by atoms with Gasteiger partial charge in [0.15, 0.2) is 0 Å². The molecule has 0 unspecified atom stereocenters. The maximum atomic E-state index is 6.96. The van der Waals surface area contributed by atoms with Gasteiger partial charge in [0.2, 0.25) is 5.90 Å². The Balaban J connectivity index is 1.24. The number of para-hydroxylation sites is 1. The summed E-state index contributed by atoms with van der Waals surface area (Å²) >= 11 is 0. The molecule has 0 radical (unpaired) electrons. The van der Waals surface area contributed by atoms with Crippen LogP contribution in [0.5, 0.6) is 0 Å². The first kappa shape index (κ1) is 29.6. The van der Waals surface area contributed by atoms with Crippen molar-refractivity contribution in [1.29, 1.82) is 0 Å². The van der Waals surface area contributed by atoms with Gasteiger partial charge in [0.05, 0.1) is 22.8 Å². The molecule has 0 amide bonds. The lowest BCUT2D eigenvalue weighted by Gasteiger charge is -2.29. The summed E-state index contributed by atoms with van der Waals surface area (Å²) in [7, 11) is 0. The van der Waals surface area contributed by atoms with E-state index in [1.54, 1.807) is 0 Å². The van der Waals surface area contributed by atoms with Crippen LogP contribution in [-0.2, 0) is 4.74 Å². The van der Waals surface area contributed by atoms with Gasteiger partial charge in [-0.15, -0.1) is 0 Å². The summed E-state index contributed by atoms with van der Waals surface area (Å²) in [6, 6.07) is 48.0. The summed E-state index contributed by atoms with van der Waals surface area (Å²) in [5.74, 6) is 1.27. The lowest BCUT2D eigenvalue weighted by molar-refractivity contribution is 0.150. The molecule has 1 fully saturated rings. The number of rotatable bonds is 6. The topological polar surface area (TPSA) is 39.4 Å². The van der Waals surface area contributed by atoms with Crippen molar-refractivity contribution in [3.05, 3.63) is 156 Å². The number of pyridine rings is 1. The number of ether oxygens (including phenoxy) is 1. The van der Waals surface area contributed by atoms with Crippen LogP contribution in [0.2, 0.25) is 0 Å². The van der Waals surface area contributed by atoms with Crippen molar-refractivity contribution < 1.29 is 4.74 Å². The second kappa shape index (κ2) is 12.5. The second-order valence-electron chi connectivity index (χ2n) is 13.7. The lowest BCUT2D eigenvalue weighted by Crippen LogP contribution is -2.25. The molecule has 5 aromatic carbocycles. The van der Waals surface area contributed by atoms with E-state index < -0.39 is 0 Å². The number of aromatic nitrogens is 2. The Labute approximate surface area is 287 Å². The van der Waals surface area contributed by atoms with Gasteiger partial charge in [0.25, 0.3) is 0 Å². The Morgan fingerprint density at radius 1 is 0.612 bits per heavy atom. The number of nitrogens with zero attached hydrogens (tertiary/aromatic N) is 3. The third-order valence-electron chi connectivity index (χ3n) is 10.5. The van der Waals surface area contributed by atoms with E-state index in [9.17, 15) is 0 Å². The molecule has 2 aromatic heterocycles. The molecule has 0 N–H and O–H groups in total. The minimum absolute atomic E-state index is 0.0826. The normalized spacial score (nSPS) is 18.1. The van der Waals surface area contributed by atoms with Gasteiger partial charge in [-0.3, -0.25) is 4.98 Å². The second-order valence-corrected chi connectivity index (χ2v) is 13.7. The average Bonchev–Trinajstić information content (AvgIpc) is 3.76. The van der Waals surface area contributed by atoms with E-state index in [1.807, 2.05) is 12.3 Å². The Morgan fingerprint density at radius 2 is 1.35 bits per heavy atom. The van der Waals surface area contributed by atoms with Gasteiger partial charge >= 0.3 is 0 Å². The Hall–Kier alpha value is -5.48. The zero-order valence-electron chi connectivity index (χ0n) is 27.8. The molecule has 2 atom stereocenters. The van der Waals surface area contributed by atoms with E-state index in [4.69, 9.17) is 14.7 Å². The molecular formula is C45H39N3O. The smallest absolute Gasteiger partial charge is 0.217 e. The molecule has 0 saturated heterocycles. The predicted octanol–water partition coefficient (Wildman–Crippen LogP) is 11.3. The fourth-order valence-electron chi connectivity index (χ4n) is 8.07.